The van der Waals surface area contributed by atoms with Crippen molar-refractivity contribution < 1.29 is 18.8 Å². The van der Waals surface area contributed by atoms with Crippen molar-refractivity contribution in [2.75, 3.05) is 31.2 Å². The standard InChI is InChI=1S/C24H28N4O4/c29-21(25-15-20-7-4-14-32-20)16-27-17-28(19-5-2-1-3-6-19)24(23(27)31)10-12-26(13-11-24)22(30)18-8-9-18/h1-7,14,18H,8-13,15-17H2,(H,25,29). The van der Waals surface area contributed by atoms with E-state index in [0.29, 0.717) is 44.9 Å². The van der Waals surface area contributed by atoms with Crippen molar-refractivity contribution in [3.63, 3.8) is 0 Å². The maximum absolute atomic E-state index is 13.6. The number of para-hydroxylation sites is 1. The molecule has 168 valence electrons. The minimum absolute atomic E-state index is 0.00462. The number of carbonyl (C=O) groups is 3. The van der Waals surface area contributed by atoms with E-state index in [4.69, 9.17) is 4.42 Å². The smallest absolute Gasteiger partial charge is 0.250 e. The summed E-state index contributed by atoms with van der Waals surface area (Å²) in [6.07, 6.45) is 4.67. The first-order chi connectivity index (χ1) is 15.6. The number of nitrogens with zero attached hydrogens (tertiary/aromatic N) is 3. The largest absolute Gasteiger partial charge is 0.467 e. The molecule has 5 rings (SSSR count). The zero-order valence-corrected chi connectivity index (χ0v) is 18.0. The van der Waals surface area contributed by atoms with E-state index in [0.717, 1.165) is 18.5 Å². The summed E-state index contributed by atoms with van der Waals surface area (Å²) in [6.45, 7) is 1.79. The van der Waals surface area contributed by atoms with Crippen LogP contribution in [0.15, 0.2) is 53.1 Å². The van der Waals surface area contributed by atoms with E-state index in [-0.39, 0.29) is 30.2 Å². The average molecular weight is 437 g/mol. The summed E-state index contributed by atoms with van der Waals surface area (Å²) in [5.41, 5.74) is 0.240. The third-order valence-corrected chi connectivity index (χ3v) is 6.79. The van der Waals surface area contributed by atoms with Crippen LogP contribution in [-0.2, 0) is 20.9 Å². The molecule has 32 heavy (non-hydrogen) atoms. The summed E-state index contributed by atoms with van der Waals surface area (Å²) in [5, 5.41) is 2.82. The van der Waals surface area contributed by atoms with Crippen LogP contribution in [0.25, 0.3) is 0 Å². The van der Waals surface area contributed by atoms with Gasteiger partial charge in [-0.15, -0.1) is 0 Å². The Labute approximate surface area is 187 Å². The highest BCUT2D eigenvalue weighted by Crippen LogP contribution is 2.40. The Morgan fingerprint density at radius 1 is 1.06 bits per heavy atom. The molecule has 0 unspecified atom stereocenters. The van der Waals surface area contributed by atoms with Crippen molar-refractivity contribution in [1.29, 1.82) is 0 Å². The maximum atomic E-state index is 13.6. The summed E-state index contributed by atoms with van der Waals surface area (Å²) in [5.74, 6) is 0.823. The first-order valence-electron chi connectivity index (χ1n) is 11.3. The minimum Gasteiger partial charge on any atom is -0.467 e. The Hall–Kier alpha value is -3.29. The van der Waals surface area contributed by atoms with Gasteiger partial charge in [-0.1, -0.05) is 18.2 Å². The van der Waals surface area contributed by atoms with Gasteiger partial charge < -0.3 is 24.4 Å². The number of nitrogens with one attached hydrogen (secondary N) is 1. The first kappa shape index (κ1) is 20.6. The lowest BCUT2D eigenvalue weighted by molar-refractivity contribution is -0.140. The number of rotatable bonds is 6. The molecule has 8 nitrogen and oxygen atoms in total. The van der Waals surface area contributed by atoms with Crippen LogP contribution in [0.5, 0.6) is 0 Å². The second-order valence-electron chi connectivity index (χ2n) is 8.90. The minimum atomic E-state index is -0.719. The van der Waals surface area contributed by atoms with Crippen molar-refractivity contribution >= 4 is 23.4 Å². The zero-order chi connectivity index (χ0) is 22.1. The van der Waals surface area contributed by atoms with E-state index in [1.54, 1.807) is 23.3 Å². The monoisotopic (exact) mass is 436 g/mol. The number of furan rings is 1. The summed E-state index contributed by atoms with van der Waals surface area (Å²) in [4.78, 5) is 44.4. The molecule has 0 bridgehead atoms. The number of benzene rings is 1. The molecule has 8 heteroatoms. The van der Waals surface area contributed by atoms with E-state index in [2.05, 4.69) is 10.2 Å². The molecule has 1 aromatic heterocycles. The van der Waals surface area contributed by atoms with Gasteiger partial charge in [-0.2, -0.15) is 0 Å². The second kappa shape index (κ2) is 8.33. The van der Waals surface area contributed by atoms with Gasteiger partial charge in [-0.25, -0.2) is 0 Å². The SMILES string of the molecule is O=C(CN1CN(c2ccccc2)C2(CCN(C(=O)C3CC3)CC2)C1=O)NCc1ccco1. The van der Waals surface area contributed by atoms with Crippen molar-refractivity contribution in [3.05, 3.63) is 54.5 Å². The molecule has 1 N–H and O–H groups in total. The normalized spacial score (nSPS) is 20.1. The fourth-order valence-corrected chi connectivity index (χ4v) is 4.84. The summed E-state index contributed by atoms with van der Waals surface area (Å²) in [7, 11) is 0. The van der Waals surface area contributed by atoms with E-state index in [1.807, 2.05) is 35.2 Å². The number of hydrogen-bond donors (Lipinski definition) is 1. The quantitative estimate of drug-likeness (QED) is 0.748. The topological polar surface area (TPSA) is 86.1 Å². The molecular weight excluding hydrogens is 408 g/mol. The first-order valence-corrected chi connectivity index (χ1v) is 11.3. The van der Waals surface area contributed by atoms with Crippen LogP contribution in [0.1, 0.15) is 31.4 Å². The number of hydrogen-bond acceptors (Lipinski definition) is 5. The molecule has 0 atom stereocenters. The number of piperidine rings is 1. The van der Waals surface area contributed by atoms with Gasteiger partial charge in [0.25, 0.3) is 5.91 Å². The molecule has 3 heterocycles. The molecular formula is C24H28N4O4. The van der Waals surface area contributed by atoms with E-state index >= 15 is 0 Å². The van der Waals surface area contributed by atoms with Gasteiger partial charge in [0.15, 0.2) is 0 Å². The Balaban J connectivity index is 1.31. The summed E-state index contributed by atoms with van der Waals surface area (Å²) < 4.78 is 5.25. The summed E-state index contributed by atoms with van der Waals surface area (Å²) >= 11 is 0. The van der Waals surface area contributed by atoms with Gasteiger partial charge in [0.2, 0.25) is 11.8 Å². The van der Waals surface area contributed by atoms with Crippen molar-refractivity contribution in [2.24, 2.45) is 5.92 Å². The molecule has 0 radical (unpaired) electrons. The Kier molecular flexibility index (Phi) is 5.36. The number of carbonyl (C=O) groups excluding carboxylic acids is 3. The van der Waals surface area contributed by atoms with Crippen molar-refractivity contribution in [2.45, 2.75) is 37.8 Å². The number of amides is 3. The van der Waals surface area contributed by atoms with Crippen LogP contribution in [0.4, 0.5) is 5.69 Å². The average Bonchev–Trinajstić information content (AvgIpc) is 3.48. The third-order valence-electron chi connectivity index (χ3n) is 6.79. The lowest BCUT2D eigenvalue weighted by atomic mass is 9.85. The van der Waals surface area contributed by atoms with Gasteiger partial charge in [0.05, 0.1) is 19.5 Å². The predicted molar refractivity (Wildman–Crippen MR) is 117 cm³/mol. The van der Waals surface area contributed by atoms with Crippen LogP contribution in [0.3, 0.4) is 0 Å². The van der Waals surface area contributed by atoms with E-state index in [9.17, 15) is 14.4 Å². The molecule has 2 aliphatic heterocycles. The van der Waals surface area contributed by atoms with Crippen LogP contribution in [0.2, 0.25) is 0 Å². The predicted octanol–water partition coefficient (Wildman–Crippen LogP) is 1.97. The van der Waals surface area contributed by atoms with Gasteiger partial charge in [0, 0.05) is 24.7 Å². The van der Waals surface area contributed by atoms with Crippen LogP contribution in [0, 0.1) is 5.92 Å². The molecule has 1 aromatic carbocycles. The summed E-state index contributed by atoms with van der Waals surface area (Å²) in [6, 6.07) is 13.4. The van der Waals surface area contributed by atoms with Gasteiger partial charge in [-0.05, 0) is 49.9 Å². The number of likely N-dealkylation sites (tertiary alicyclic amines) is 1. The molecule has 1 aliphatic carbocycles. The highest BCUT2D eigenvalue weighted by molar-refractivity contribution is 5.96. The third kappa shape index (κ3) is 3.85. The maximum Gasteiger partial charge on any atom is 0.250 e. The fraction of sp³-hybridized carbons (Fsp3) is 0.458. The van der Waals surface area contributed by atoms with Gasteiger partial charge in [0.1, 0.15) is 17.8 Å². The van der Waals surface area contributed by atoms with Gasteiger partial charge in [-0.3, -0.25) is 14.4 Å². The van der Waals surface area contributed by atoms with Crippen LogP contribution < -0.4 is 10.2 Å². The van der Waals surface area contributed by atoms with E-state index < -0.39 is 5.54 Å². The lowest BCUT2D eigenvalue weighted by Crippen LogP contribution is -2.57. The molecule has 3 amide bonds. The molecule has 3 aliphatic rings. The Bertz CT molecular complexity index is 979. The fourth-order valence-electron chi connectivity index (χ4n) is 4.84. The van der Waals surface area contributed by atoms with Crippen LogP contribution in [-0.4, -0.2) is 59.4 Å². The van der Waals surface area contributed by atoms with Crippen LogP contribution >= 0.6 is 0 Å². The van der Waals surface area contributed by atoms with Crippen molar-refractivity contribution in [1.82, 2.24) is 15.1 Å². The molecule has 2 aromatic rings. The number of anilines is 1. The Morgan fingerprint density at radius 2 is 1.81 bits per heavy atom. The zero-order valence-electron chi connectivity index (χ0n) is 18.0. The van der Waals surface area contributed by atoms with Crippen molar-refractivity contribution in [3.8, 4) is 0 Å². The van der Waals surface area contributed by atoms with Gasteiger partial charge >= 0.3 is 0 Å². The molecule has 2 saturated heterocycles. The lowest BCUT2D eigenvalue weighted by Gasteiger charge is -2.43. The highest BCUT2D eigenvalue weighted by atomic mass is 16.3. The Morgan fingerprint density at radius 3 is 2.47 bits per heavy atom. The van der Waals surface area contributed by atoms with E-state index in [1.165, 1.54) is 0 Å². The molecule has 1 saturated carbocycles. The molecule has 3 fully saturated rings. The second-order valence-corrected chi connectivity index (χ2v) is 8.90. The molecule has 1 spiro atoms. The highest BCUT2D eigenvalue weighted by Gasteiger charge is 2.54.